The van der Waals surface area contributed by atoms with Crippen molar-refractivity contribution in [3.8, 4) is 5.75 Å². The normalized spacial score (nSPS) is 8.82. The Balaban J connectivity index is 0.000001000. The van der Waals surface area contributed by atoms with Crippen LogP contribution in [0.3, 0.4) is 0 Å². The number of benzene rings is 1. The predicted molar refractivity (Wildman–Crippen MR) is 39.9 cm³/mol. The zero-order valence-corrected chi connectivity index (χ0v) is 10.3. The molecule has 11 heavy (non-hydrogen) atoms. The van der Waals surface area contributed by atoms with E-state index in [1.54, 1.807) is 12.1 Å². The van der Waals surface area contributed by atoms with Gasteiger partial charge >= 0.3 is 51.4 Å². The van der Waals surface area contributed by atoms with E-state index >= 15 is 0 Å². The summed E-state index contributed by atoms with van der Waals surface area (Å²) >= 11 is 0. The van der Waals surface area contributed by atoms with Gasteiger partial charge in [0.2, 0.25) is 0 Å². The Kier molecular flexibility index (Phi) is 6.57. The number of rotatable bonds is 2. The summed E-state index contributed by atoms with van der Waals surface area (Å²) in [6.45, 7) is 2.13. The van der Waals surface area contributed by atoms with Crippen LogP contribution < -0.4 is 56.5 Å². The molecular formula is C9H11KO. The van der Waals surface area contributed by atoms with Gasteiger partial charge in [0, 0.05) is 0 Å². The molecule has 0 heterocycles. The zero-order chi connectivity index (χ0) is 7.40. The van der Waals surface area contributed by atoms with Crippen LogP contribution in [0, 0.1) is 0 Å². The minimum atomic E-state index is 0. The smallest absolute Gasteiger partial charge is 0.872 e. The van der Waals surface area contributed by atoms with Gasteiger partial charge < -0.3 is 5.11 Å². The number of hydrogen-bond donors (Lipinski definition) is 0. The quantitative estimate of drug-likeness (QED) is 0.512. The van der Waals surface area contributed by atoms with Crippen LogP contribution in [0.2, 0.25) is 0 Å². The molecule has 0 fully saturated rings. The summed E-state index contributed by atoms with van der Waals surface area (Å²) in [7, 11) is 0. The summed E-state index contributed by atoms with van der Waals surface area (Å²) in [4.78, 5) is 0. The van der Waals surface area contributed by atoms with Gasteiger partial charge in [-0.25, -0.2) is 0 Å². The van der Waals surface area contributed by atoms with Crippen molar-refractivity contribution in [2.24, 2.45) is 0 Å². The van der Waals surface area contributed by atoms with Crippen molar-refractivity contribution >= 4 is 0 Å². The molecule has 2 heteroatoms. The van der Waals surface area contributed by atoms with Crippen molar-refractivity contribution in [2.45, 2.75) is 19.8 Å². The van der Waals surface area contributed by atoms with Crippen LogP contribution in [0.15, 0.2) is 24.3 Å². The average Bonchev–Trinajstić information content (AvgIpc) is 1.95. The van der Waals surface area contributed by atoms with E-state index in [2.05, 4.69) is 6.92 Å². The summed E-state index contributed by atoms with van der Waals surface area (Å²) in [5, 5.41) is 10.6. The molecule has 1 rings (SSSR count). The molecule has 1 aromatic rings. The maximum Gasteiger partial charge on any atom is 1.00 e. The molecule has 0 aliphatic heterocycles. The van der Waals surface area contributed by atoms with E-state index in [1.807, 2.05) is 12.1 Å². The Morgan fingerprint density at radius 3 is 2.18 bits per heavy atom. The molecule has 0 unspecified atom stereocenters. The molecule has 0 saturated heterocycles. The summed E-state index contributed by atoms with van der Waals surface area (Å²) in [6.07, 6.45) is 2.21. The Hall–Kier alpha value is 0.656. The molecular weight excluding hydrogens is 163 g/mol. The van der Waals surface area contributed by atoms with Crippen molar-refractivity contribution < 1.29 is 56.5 Å². The third-order valence-electron chi connectivity index (χ3n) is 1.46. The maximum atomic E-state index is 10.6. The minimum absolute atomic E-state index is 0. The molecule has 54 valence electrons. The van der Waals surface area contributed by atoms with Crippen LogP contribution in [0.25, 0.3) is 0 Å². The second-order valence-electron chi connectivity index (χ2n) is 2.39. The SMILES string of the molecule is CCCc1ccc([O-])cc1.[K+]. The first-order chi connectivity index (χ1) is 4.83. The van der Waals surface area contributed by atoms with E-state index in [9.17, 15) is 5.11 Å². The molecule has 0 aliphatic carbocycles. The molecule has 0 saturated carbocycles. The molecule has 0 N–H and O–H groups in total. The van der Waals surface area contributed by atoms with Gasteiger partial charge in [0.05, 0.1) is 0 Å². The van der Waals surface area contributed by atoms with E-state index in [-0.39, 0.29) is 57.1 Å². The van der Waals surface area contributed by atoms with Crippen molar-refractivity contribution in [1.29, 1.82) is 0 Å². The molecule has 0 amide bonds. The first kappa shape index (κ1) is 11.7. The number of aryl methyl sites for hydroxylation is 1. The topological polar surface area (TPSA) is 23.1 Å². The van der Waals surface area contributed by atoms with Crippen LogP contribution in [0.5, 0.6) is 5.75 Å². The third-order valence-corrected chi connectivity index (χ3v) is 1.46. The van der Waals surface area contributed by atoms with E-state index in [4.69, 9.17) is 0 Å². The molecule has 0 aromatic heterocycles. The maximum absolute atomic E-state index is 10.6. The fourth-order valence-corrected chi connectivity index (χ4v) is 0.945. The Labute approximate surface area is 110 Å². The second kappa shape index (κ2) is 6.20. The molecule has 0 aliphatic rings. The van der Waals surface area contributed by atoms with Crippen molar-refractivity contribution in [2.75, 3.05) is 0 Å². The summed E-state index contributed by atoms with van der Waals surface area (Å²) in [5.41, 5.74) is 1.25. The van der Waals surface area contributed by atoms with Gasteiger partial charge in [0.15, 0.2) is 0 Å². The molecule has 0 spiro atoms. The Morgan fingerprint density at radius 1 is 1.18 bits per heavy atom. The molecule has 1 aromatic carbocycles. The molecule has 0 atom stereocenters. The van der Waals surface area contributed by atoms with E-state index in [0.717, 1.165) is 12.8 Å². The summed E-state index contributed by atoms with van der Waals surface area (Å²) in [5.74, 6) is 0.0971. The fourth-order valence-electron chi connectivity index (χ4n) is 0.945. The van der Waals surface area contributed by atoms with Crippen LogP contribution in [0.1, 0.15) is 18.9 Å². The summed E-state index contributed by atoms with van der Waals surface area (Å²) < 4.78 is 0. The van der Waals surface area contributed by atoms with E-state index < -0.39 is 0 Å². The standard InChI is InChI=1S/C9H12O.K/c1-2-3-8-4-6-9(10)7-5-8;/h4-7,10H,2-3H2,1H3;/q;+1/p-1. The van der Waals surface area contributed by atoms with Gasteiger partial charge in [-0.15, -0.1) is 5.75 Å². The predicted octanol–water partition coefficient (Wildman–Crippen LogP) is -1.28. The van der Waals surface area contributed by atoms with E-state index in [1.165, 1.54) is 5.56 Å². The largest absolute Gasteiger partial charge is 1.00 e. The summed E-state index contributed by atoms with van der Waals surface area (Å²) in [6, 6.07) is 7.02. The monoisotopic (exact) mass is 174 g/mol. The molecule has 1 nitrogen and oxygen atoms in total. The van der Waals surface area contributed by atoms with Crippen molar-refractivity contribution in [3.63, 3.8) is 0 Å². The number of hydrogen-bond acceptors (Lipinski definition) is 1. The third kappa shape index (κ3) is 4.28. The van der Waals surface area contributed by atoms with Crippen molar-refractivity contribution in [1.82, 2.24) is 0 Å². The Morgan fingerprint density at radius 2 is 1.73 bits per heavy atom. The van der Waals surface area contributed by atoms with Gasteiger partial charge in [-0.05, 0) is 12.0 Å². The van der Waals surface area contributed by atoms with Gasteiger partial charge in [0.1, 0.15) is 0 Å². The van der Waals surface area contributed by atoms with Crippen LogP contribution >= 0.6 is 0 Å². The van der Waals surface area contributed by atoms with Gasteiger partial charge in [-0.1, -0.05) is 37.6 Å². The van der Waals surface area contributed by atoms with Crippen molar-refractivity contribution in [3.05, 3.63) is 29.8 Å². The minimum Gasteiger partial charge on any atom is -0.872 e. The van der Waals surface area contributed by atoms with Crippen LogP contribution in [-0.2, 0) is 6.42 Å². The van der Waals surface area contributed by atoms with Crippen LogP contribution in [-0.4, -0.2) is 0 Å². The second-order valence-corrected chi connectivity index (χ2v) is 2.39. The fraction of sp³-hybridized carbons (Fsp3) is 0.333. The molecule has 0 radical (unpaired) electrons. The van der Waals surface area contributed by atoms with Gasteiger partial charge in [0.25, 0.3) is 0 Å². The van der Waals surface area contributed by atoms with E-state index in [0.29, 0.717) is 0 Å². The molecule has 0 bridgehead atoms. The van der Waals surface area contributed by atoms with Gasteiger partial charge in [-0.2, -0.15) is 0 Å². The average molecular weight is 174 g/mol. The first-order valence-corrected chi connectivity index (χ1v) is 3.59. The first-order valence-electron chi connectivity index (χ1n) is 3.59. The van der Waals surface area contributed by atoms with Gasteiger partial charge in [-0.3, -0.25) is 0 Å². The Bertz CT molecular complexity index is 193. The zero-order valence-electron chi connectivity index (χ0n) is 7.13. The van der Waals surface area contributed by atoms with Crippen LogP contribution in [0.4, 0.5) is 0 Å².